The van der Waals surface area contributed by atoms with Crippen molar-refractivity contribution in [3.05, 3.63) is 23.8 Å². The molecule has 0 amide bonds. The molecule has 6 nitrogen and oxygen atoms in total. The molecule has 0 aliphatic heterocycles. The van der Waals surface area contributed by atoms with E-state index < -0.39 is 18.9 Å². The molecule has 1 rings (SSSR count). The molecular weight excluding hydrogens is 288 g/mol. The van der Waals surface area contributed by atoms with Gasteiger partial charge in [0.2, 0.25) is 0 Å². The van der Waals surface area contributed by atoms with Crippen LogP contribution in [0.1, 0.15) is 12.5 Å². The lowest BCUT2D eigenvalue weighted by Gasteiger charge is -2.25. The average Bonchev–Trinajstić information content (AvgIpc) is 2.40. The summed E-state index contributed by atoms with van der Waals surface area (Å²) < 4.78 is 47.7. The second-order valence-corrected chi connectivity index (χ2v) is 8.12. The van der Waals surface area contributed by atoms with Crippen molar-refractivity contribution in [2.75, 3.05) is 21.3 Å². The first-order valence-electron chi connectivity index (χ1n) is 5.61. The van der Waals surface area contributed by atoms with Crippen LogP contribution in [0.3, 0.4) is 0 Å². The first-order chi connectivity index (χ1) is 8.84. The van der Waals surface area contributed by atoms with E-state index in [0.29, 0.717) is 17.2 Å². The molecule has 0 fully saturated rings. The van der Waals surface area contributed by atoms with E-state index >= 15 is 0 Å². The molecule has 0 saturated carbocycles. The zero-order chi connectivity index (χ0) is 14.7. The Morgan fingerprint density at radius 2 is 1.68 bits per heavy atom. The highest BCUT2D eigenvalue weighted by atomic mass is 32.2. The molecule has 19 heavy (non-hydrogen) atoms. The molecule has 0 bridgehead atoms. The maximum absolute atomic E-state index is 11.3. The van der Waals surface area contributed by atoms with Crippen LogP contribution < -0.4 is 5.19 Å². The summed E-state index contributed by atoms with van der Waals surface area (Å²) in [5, 5.41) is 0.643. The van der Waals surface area contributed by atoms with Gasteiger partial charge in [0.1, 0.15) is 0 Å². The zero-order valence-corrected chi connectivity index (χ0v) is 13.2. The van der Waals surface area contributed by atoms with Crippen molar-refractivity contribution in [3.63, 3.8) is 0 Å². The van der Waals surface area contributed by atoms with Gasteiger partial charge in [0.05, 0.1) is 4.90 Å². The summed E-state index contributed by atoms with van der Waals surface area (Å²) >= 11 is 0. The molecule has 0 aliphatic rings. The van der Waals surface area contributed by atoms with Crippen LogP contribution in [-0.4, -0.2) is 43.1 Å². The quantitative estimate of drug-likeness (QED) is 0.611. The third kappa shape index (κ3) is 3.22. The Labute approximate surface area is 114 Å². The maximum Gasteiger partial charge on any atom is 0.536 e. The third-order valence-electron chi connectivity index (χ3n) is 2.88. The average molecular weight is 306 g/mol. The van der Waals surface area contributed by atoms with Gasteiger partial charge in [-0.15, -0.1) is 0 Å². The maximum atomic E-state index is 11.3. The summed E-state index contributed by atoms with van der Waals surface area (Å²) in [5.41, 5.74) is 0.489. The zero-order valence-electron chi connectivity index (χ0n) is 11.3. The van der Waals surface area contributed by atoms with E-state index in [9.17, 15) is 8.42 Å². The van der Waals surface area contributed by atoms with E-state index in [1.807, 2.05) is 0 Å². The van der Waals surface area contributed by atoms with Crippen LogP contribution in [0, 0.1) is 0 Å². The lowest BCUT2D eigenvalue weighted by atomic mass is 10.2. The van der Waals surface area contributed by atoms with Gasteiger partial charge in [-0.1, -0.05) is 19.1 Å². The van der Waals surface area contributed by atoms with Gasteiger partial charge in [-0.2, -0.15) is 8.42 Å². The van der Waals surface area contributed by atoms with Crippen molar-refractivity contribution in [1.29, 1.82) is 0 Å². The van der Waals surface area contributed by atoms with Crippen LogP contribution in [0.4, 0.5) is 0 Å². The molecule has 0 aliphatic carbocycles. The van der Waals surface area contributed by atoms with Gasteiger partial charge in [-0.05, 0) is 18.1 Å². The van der Waals surface area contributed by atoms with Crippen molar-refractivity contribution >= 4 is 24.1 Å². The number of aryl methyl sites for hydroxylation is 1. The fraction of sp³-hybridized carbons (Fsp3) is 0.455. The lowest BCUT2D eigenvalue weighted by molar-refractivity contribution is 0.140. The molecule has 108 valence electrons. The minimum atomic E-state index is -4.24. The number of hydrogen-bond acceptors (Lipinski definition) is 5. The molecule has 0 saturated heterocycles. The Balaban J connectivity index is 3.43. The van der Waals surface area contributed by atoms with Crippen LogP contribution in [0.15, 0.2) is 23.1 Å². The van der Waals surface area contributed by atoms with E-state index in [2.05, 4.69) is 0 Å². The molecule has 1 aromatic carbocycles. The van der Waals surface area contributed by atoms with E-state index in [0.717, 1.165) is 0 Å². The molecule has 0 spiro atoms. The van der Waals surface area contributed by atoms with Crippen molar-refractivity contribution in [1.82, 2.24) is 0 Å². The topological polar surface area (TPSA) is 82.1 Å². The van der Waals surface area contributed by atoms with Crippen molar-refractivity contribution < 1.29 is 26.2 Å². The number of hydrogen-bond donors (Lipinski definition) is 1. The second-order valence-electron chi connectivity index (χ2n) is 3.82. The van der Waals surface area contributed by atoms with Crippen LogP contribution >= 0.6 is 0 Å². The van der Waals surface area contributed by atoms with Crippen LogP contribution in [0.2, 0.25) is 0 Å². The molecule has 0 radical (unpaired) electrons. The van der Waals surface area contributed by atoms with Crippen LogP contribution in [0.25, 0.3) is 0 Å². The van der Waals surface area contributed by atoms with E-state index in [4.69, 9.17) is 17.8 Å². The Kier molecular flexibility index (Phi) is 5.24. The SMILES string of the molecule is CCc1cc([Si](OC)(OC)OC)ccc1S(=O)(=O)O. The predicted octanol–water partition coefficient (Wildman–Crippen LogP) is 0.581. The van der Waals surface area contributed by atoms with Crippen molar-refractivity contribution in [3.8, 4) is 0 Å². The monoisotopic (exact) mass is 306 g/mol. The predicted molar refractivity (Wildman–Crippen MR) is 72.0 cm³/mol. The smallest absolute Gasteiger partial charge is 0.373 e. The molecule has 8 heteroatoms. The van der Waals surface area contributed by atoms with Gasteiger partial charge >= 0.3 is 8.80 Å². The molecule has 0 heterocycles. The third-order valence-corrected chi connectivity index (χ3v) is 6.46. The van der Waals surface area contributed by atoms with E-state index in [-0.39, 0.29) is 4.90 Å². The van der Waals surface area contributed by atoms with Crippen molar-refractivity contribution in [2.45, 2.75) is 18.2 Å². The van der Waals surface area contributed by atoms with Crippen molar-refractivity contribution in [2.24, 2.45) is 0 Å². The highest BCUT2D eigenvalue weighted by molar-refractivity contribution is 7.85. The van der Waals surface area contributed by atoms with Gasteiger partial charge in [-0.3, -0.25) is 4.55 Å². The molecule has 1 N–H and O–H groups in total. The number of benzene rings is 1. The summed E-state index contributed by atoms with van der Waals surface area (Å²) in [6.07, 6.45) is 0.449. The summed E-state index contributed by atoms with van der Waals surface area (Å²) in [7, 11) is -2.81. The van der Waals surface area contributed by atoms with Crippen LogP contribution in [-0.2, 0) is 29.8 Å². The molecule has 0 atom stereocenters. The largest absolute Gasteiger partial charge is 0.536 e. The summed E-state index contributed by atoms with van der Waals surface area (Å²) in [5.74, 6) is 0. The molecule has 0 unspecified atom stereocenters. The van der Waals surface area contributed by atoms with E-state index in [1.165, 1.54) is 33.5 Å². The minimum absolute atomic E-state index is 0.107. The van der Waals surface area contributed by atoms with E-state index in [1.54, 1.807) is 13.0 Å². The summed E-state index contributed by atoms with van der Waals surface area (Å²) in [6.45, 7) is 1.80. The lowest BCUT2D eigenvalue weighted by Crippen LogP contribution is -2.54. The first kappa shape index (κ1) is 16.3. The van der Waals surface area contributed by atoms with Gasteiger partial charge in [0.25, 0.3) is 10.1 Å². The fourth-order valence-electron chi connectivity index (χ4n) is 1.90. The highest BCUT2D eigenvalue weighted by Gasteiger charge is 2.41. The Bertz CT molecular complexity index is 530. The second kappa shape index (κ2) is 6.12. The Morgan fingerprint density at radius 3 is 2.05 bits per heavy atom. The first-order valence-corrected chi connectivity index (χ1v) is 8.77. The van der Waals surface area contributed by atoms with Crippen LogP contribution in [0.5, 0.6) is 0 Å². The summed E-state index contributed by atoms with van der Waals surface area (Å²) in [6, 6.07) is 4.50. The van der Waals surface area contributed by atoms with Gasteiger partial charge < -0.3 is 13.3 Å². The normalized spacial score (nSPS) is 12.7. The summed E-state index contributed by atoms with van der Waals surface area (Å²) in [4.78, 5) is -0.107. The molecule has 0 aromatic heterocycles. The fourth-order valence-corrected chi connectivity index (χ4v) is 4.52. The number of rotatable bonds is 6. The Hall–Kier alpha value is -0.773. The Morgan fingerprint density at radius 1 is 1.16 bits per heavy atom. The highest BCUT2D eigenvalue weighted by Crippen LogP contribution is 2.17. The molecular formula is C11H18O6SSi. The van der Waals surface area contributed by atoms with Gasteiger partial charge in [0, 0.05) is 26.5 Å². The van der Waals surface area contributed by atoms with Gasteiger partial charge in [-0.25, -0.2) is 0 Å². The minimum Gasteiger partial charge on any atom is -0.373 e. The van der Waals surface area contributed by atoms with Gasteiger partial charge in [0.15, 0.2) is 0 Å². The molecule has 1 aromatic rings. The standard InChI is InChI=1S/C11H18O6SSi/c1-5-9-8-10(19(15-2,16-3)17-4)6-7-11(9)18(12,13)14/h6-8H,5H2,1-4H3,(H,12,13,14).